The minimum absolute atomic E-state index is 0.00916. The van der Waals surface area contributed by atoms with Crippen LogP contribution in [-0.2, 0) is 11.2 Å². The summed E-state index contributed by atoms with van der Waals surface area (Å²) in [6.45, 7) is 2.73. The summed E-state index contributed by atoms with van der Waals surface area (Å²) in [5.41, 5.74) is 2.74. The van der Waals surface area contributed by atoms with Crippen LogP contribution in [0.15, 0.2) is 21.6 Å². The fraction of sp³-hybridized carbons (Fsp3) is 0.481. The number of thioether (sulfide) groups is 1. The standard InChI is InChI=1S/C27H27BrFN5O3S/c1-13(35)32-8-4-6-18(32)19-11-17-25(34(19)24-15-10-20(24)33(12-15)27(36)37)16-9-14(5-3-7-30)21(28)22(29)23(16)31-26(17)38-2/h9,11,15,18,20,24H,3-6,8,10,12H2,1-2H3,(H,36,37)/t15-,18?,20-,24+/m1/s1. The Morgan fingerprint density at radius 2 is 2.11 bits per heavy atom. The van der Waals surface area contributed by atoms with Gasteiger partial charge in [-0.3, -0.25) is 4.79 Å². The summed E-state index contributed by atoms with van der Waals surface area (Å²) >= 11 is 4.84. The minimum atomic E-state index is -0.922. The van der Waals surface area contributed by atoms with E-state index in [2.05, 4.69) is 32.6 Å². The fourth-order valence-corrected chi connectivity index (χ4v) is 7.91. The average Bonchev–Trinajstić information content (AvgIpc) is 3.66. The van der Waals surface area contributed by atoms with Gasteiger partial charge in [0.05, 0.1) is 34.2 Å². The van der Waals surface area contributed by atoms with Crippen LogP contribution >= 0.6 is 27.7 Å². The molecule has 198 valence electrons. The Labute approximate surface area is 231 Å². The number of likely N-dealkylation sites (tertiary alicyclic amines) is 1. The van der Waals surface area contributed by atoms with Crippen molar-refractivity contribution in [3.05, 3.63) is 33.7 Å². The number of fused-ring (bicyclic) bond motifs is 4. The lowest BCUT2D eigenvalue weighted by atomic mass is 9.79. The van der Waals surface area contributed by atoms with E-state index in [9.17, 15) is 14.7 Å². The normalized spacial score (nSPS) is 24.3. The molecule has 7 rings (SSSR count). The summed E-state index contributed by atoms with van der Waals surface area (Å²) in [7, 11) is 0. The van der Waals surface area contributed by atoms with E-state index in [0.29, 0.717) is 40.0 Å². The zero-order valence-electron chi connectivity index (χ0n) is 21.1. The van der Waals surface area contributed by atoms with Crippen LogP contribution in [0.1, 0.15) is 55.9 Å². The van der Waals surface area contributed by atoms with Crippen molar-refractivity contribution in [1.29, 1.82) is 5.26 Å². The smallest absolute Gasteiger partial charge is 0.407 e. The zero-order chi connectivity index (χ0) is 26.9. The number of pyridine rings is 1. The first-order valence-electron chi connectivity index (χ1n) is 12.8. The first kappa shape index (κ1) is 25.4. The van der Waals surface area contributed by atoms with Gasteiger partial charge in [0, 0.05) is 48.8 Å². The third-order valence-electron chi connectivity index (χ3n) is 8.52. The van der Waals surface area contributed by atoms with E-state index >= 15 is 4.39 Å². The van der Waals surface area contributed by atoms with Crippen molar-refractivity contribution < 1.29 is 19.1 Å². The Kier molecular flexibility index (Phi) is 6.30. The first-order chi connectivity index (χ1) is 18.3. The lowest BCUT2D eigenvalue weighted by Gasteiger charge is -2.40. The number of hydrogen-bond acceptors (Lipinski definition) is 5. The third-order valence-corrected chi connectivity index (χ3v) is 10.1. The van der Waals surface area contributed by atoms with Crippen LogP contribution < -0.4 is 0 Å². The van der Waals surface area contributed by atoms with E-state index in [1.165, 1.54) is 16.7 Å². The number of amides is 2. The van der Waals surface area contributed by atoms with E-state index in [0.717, 1.165) is 35.9 Å². The van der Waals surface area contributed by atoms with Crippen LogP contribution in [0.3, 0.4) is 0 Å². The number of carboxylic acid groups (broad SMARTS) is 1. The van der Waals surface area contributed by atoms with Gasteiger partial charge in [-0.2, -0.15) is 5.26 Å². The zero-order valence-corrected chi connectivity index (χ0v) is 23.5. The molecule has 11 heteroatoms. The largest absolute Gasteiger partial charge is 0.465 e. The SMILES string of the molecule is CSc1nc2c(F)c(Br)c(CCC#N)cc2c2c1cc(C1CCCN1C(C)=O)n2[C@H]1[C@@H]2C[C@H]1N(C(=O)O)C2. The van der Waals surface area contributed by atoms with Gasteiger partial charge in [-0.05, 0) is 65.6 Å². The second-order valence-electron chi connectivity index (χ2n) is 10.4. The topological polar surface area (TPSA) is 102 Å². The minimum Gasteiger partial charge on any atom is -0.465 e. The maximum Gasteiger partial charge on any atom is 0.407 e. The van der Waals surface area contributed by atoms with E-state index in [1.807, 2.05) is 17.2 Å². The predicted octanol–water partition coefficient (Wildman–Crippen LogP) is 5.88. The molecule has 3 aliphatic heterocycles. The van der Waals surface area contributed by atoms with E-state index < -0.39 is 11.9 Å². The van der Waals surface area contributed by atoms with Crippen molar-refractivity contribution >= 4 is 61.5 Å². The molecule has 2 aromatic heterocycles. The lowest BCUT2D eigenvalue weighted by molar-refractivity contribution is -0.129. The average molecular weight is 601 g/mol. The number of nitrogens with zero attached hydrogens (tertiary/aromatic N) is 5. The second-order valence-corrected chi connectivity index (χ2v) is 12.0. The highest BCUT2D eigenvalue weighted by Gasteiger charge is 2.56. The summed E-state index contributed by atoms with van der Waals surface area (Å²) in [6.07, 6.45) is 4.14. The molecule has 1 N–H and O–H groups in total. The predicted molar refractivity (Wildman–Crippen MR) is 146 cm³/mol. The Bertz CT molecular complexity index is 1550. The molecule has 1 aliphatic carbocycles. The van der Waals surface area contributed by atoms with Gasteiger partial charge in [0.25, 0.3) is 0 Å². The van der Waals surface area contributed by atoms with Crippen molar-refractivity contribution in [2.45, 2.75) is 62.2 Å². The summed E-state index contributed by atoms with van der Waals surface area (Å²) in [5, 5.41) is 21.2. The Morgan fingerprint density at radius 3 is 2.76 bits per heavy atom. The van der Waals surface area contributed by atoms with Crippen LogP contribution in [0.5, 0.6) is 0 Å². The number of aryl methyl sites for hydroxylation is 1. The molecular weight excluding hydrogens is 573 g/mol. The molecule has 4 atom stereocenters. The van der Waals surface area contributed by atoms with Gasteiger partial charge in [0.15, 0.2) is 5.82 Å². The molecule has 2 bridgehead atoms. The van der Waals surface area contributed by atoms with E-state index in [1.54, 1.807) is 6.92 Å². The lowest BCUT2D eigenvalue weighted by Crippen LogP contribution is -2.43. The molecule has 3 saturated heterocycles. The van der Waals surface area contributed by atoms with Gasteiger partial charge in [0.1, 0.15) is 10.5 Å². The van der Waals surface area contributed by atoms with Crippen molar-refractivity contribution in [2.75, 3.05) is 19.3 Å². The highest BCUT2D eigenvalue weighted by atomic mass is 79.9. The number of nitriles is 1. The van der Waals surface area contributed by atoms with Crippen molar-refractivity contribution in [3.8, 4) is 6.07 Å². The Hall–Kier alpha value is -2.84. The van der Waals surface area contributed by atoms with Crippen LogP contribution in [0.2, 0.25) is 0 Å². The molecule has 0 radical (unpaired) electrons. The van der Waals surface area contributed by atoms with Gasteiger partial charge in [-0.25, -0.2) is 14.2 Å². The molecule has 0 spiro atoms. The molecule has 38 heavy (non-hydrogen) atoms. The first-order valence-corrected chi connectivity index (χ1v) is 14.8. The van der Waals surface area contributed by atoms with E-state index in [4.69, 9.17) is 10.2 Å². The molecule has 4 aliphatic rings. The summed E-state index contributed by atoms with van der Waals surface area (Å²) in [5.74, 6) is -0.302. The maximum absolute atomic E-state index is 15.8. The summed E-state index contributed by atoms with van der Waals surface area (Å²) in [4.78, 5) is 32.7. The number of hydrogen-bond donors (Lipinski definition) is 1. The van der Waals surface area contributed by atoms with Crippen molar-refractivity contribution in [1.82, 2.24) is 19.4 Å². The monoisotopic (exact) mass is 599 g/mol. The molecule has 2 amide bonds. The van der Waals surface area contributed by atoms with Crippen LogP contribution in [0.4, 0.5) is 9.18 Å². The highest BCUT2D eigenvalue weighted by molar-refractivity contribution is 9.10. The number of rotatable bonds is 5. The van der Waals surface area contributed by atoms with Gasteiger partial charge in [0.2, 0.25) is 5.91 Å². The second kappa shape index (κ2) is 9.42. The Balaban J connectivity index is 1.68. The molecule has 1 unspecified atom stereocenters. The van der Waals surface area contributed by atoms with Crippen LogP contribution in [-0.4, -0.2) is 61.8 Å². The van der Waals surface area contributed by atoms with Gasteiger partial charge < -0.3 is 19.5 Å². The molecule has 3 aromatic rings. The molecule has 8 nitrogen and oxygen atoms in total. The quantitative estimate of drug-likeness (QED) is 0.368. The number of aromatic nitrogens is 2. The number of carbonyl (C=O) groups is 2. The van der Waals surface area contributed by atoms with Crippen LogP contribution in [0, 0.1) is 23.1 Å². The summed E-state index contributed by atoms with van der Waals surface area (Å²) in [6, 6.07) is 5.76. The molecule has 5 heterocycles. The van der Waals surface area contributed by atoms with E-state index in [-0.39, 0.29) is 41.9 Å². The van der Waals surface area contributed by atoms with Crippen molar-refractivity contribution in [2.24, 2.45) is 5.92 Å². The highest BCUT2D eigenvalue weighted by Crippen LogP contribution is 2.54. The number of carbonyl (C=O) groups excluding carboxylic acids is 1. The fourth-order valence-electron chi connectivity index (χ4n) is 6.85. The number of halogens is 2. The van der Waals surface area contributed by atoms with Gasteiger partial charge in [-0.1, -0.05) is 0 Å². The third kappa shape index (κ3) is 3.63. The Morgan fingerprint density at radius 1 is 1.32 bits per heavy atom. The molecule has 1 aromatic carbocycles. The van der Waals surface area contributed by atoms with Gasteiger partial charge >= 0.3 is 6.09 Å². The maximum atomic E-state index is 15.8. The summed E-state index contributed by atoms with van der Waals surface area (Å²) < 4.78 is 18.4. The van der Waals surface area contributed by atoms with Crippen LogP contribution in [0.25, 0.3) is 21.8 Å². The van der Waals surface area contributed by atoms with Crippen molar-refractivity contribution in [3.63, 3.8) is 0 Å². The van der Waals surface area contributed by atoms with Gasteiger partial charge in [-0.15, -0.1) is 11.8 Å². The number of benzene rings is 1. The molecule has 1 saturated carbocycles. The molecule has 4 fully saturated rings. The molecular formula is C27H27BrFN5O3S.